The molecular weight excluding hydrogens is 300 g/mol. The van der Waals surface area contributed by atoms with Gasteiger partial charge in [0.2, 0.25) is 0 Å². The van der Waals surface area contributed by atoms with Gasteiger partial charge in [-0.05, 0) is 69.1 Å². The number of benzene rings is 1. The van der Waals surface area contributed by atoms with E-state index in [1.165, 1.54) is 59.9 Å². The number of aryl methyl sites for hydroxylation is 1. The molecule has 0 saturated heterocycles. The fraction of sp³-hybridized carbons (Fsp3) is 0.545. The molecule has 0 aromatic heterocycles. The third-order valence-corrected chi connectivity index (χ3v) is 5.82. The van der Waals surface area contributed by atoms with Crippen molar-refractivity contribution >= 4 is 11.6 Å². The molecule has 0 unspecified atom stereocenters. The smallest absolute Gasteiger partial charge is 0.0470 e. The summed E-state index contributed by atoms with van der Waals surface area (Å²) < 4.78 is 0. The average molecular weight is 331 g/mol. The molecule has 1 aromatic carbocycles. The zero-order chi connectivity index (χ0) is 17.0. The fourth-order valence-electron chi connectivity index (χ4n) is 3.80. The summed E-state index contributed by atoms with van der Waals surface area (Å²) in [6.07, 6.45) is 9.69. The van der Waals surface area contributed by atoms with E-state index in [0.717, 1.165) is 11.4 Å². The standard InChI is InChI=1S/C22H31Cl/c1-6-7-8-9-18-11-13-20(17(5)22(18)23)21-14-16(4)10-12-19(21)15(2)3/h11,13-14,19,21H,2,6-10,12H2,1,3-5H3/t19-,21+/m0/s1. The minimum absolute atomic E-state index is 0.434. The van der Waals surface area contributed by atoms with E-state index in [9.17, 15) is 0 Å². The summed E-state index contributed by atoms with van der Waals surface area (Å²) in [4.78, 5) is 0. The summed E-state index contributed by atoms with van der Waals surface area (Å²) in [5, 5.41) is 0.982. The molecule has 1 heteroatoms. The minimum atomic E-state index is 0.434. The highest BCUT2D eigenvalue weighted by molar-refractivity contribution is 6.32. The highest BCUT2D eigenvalue weighted by atomic mass is 35.5. The topological polar surface area (TPSA) is 0 Å². The van der Waals surface area contributed by atoms with E-state index in [-0.39, 0.29) is 0 Å². The van der Waals surface area contributed by atoms with Crippen molar-refractivity contribution in [3.63, 3.8) is 0 Å². The Morgan fingerprint density at radius 2 is 2.00 bits per heavy atom. The highest BCUT2D eigenvalue weighted by Gasteiger charge is 2.27. The van der Waals surface area contributed by atoms with Gasteiger partial charge in [-0.2, -0.15) is 0 Å². The van der Waals surface area contributed by atoms with Crippen molar-refractivity contribution in [2.75, 3.05) is 0 Å². The molecule has 2 rings (SSSR count). The normalized spacial score (nSPS) is 21.2. The van der Waals surface area contributed by atoms with Crippen LogP contribution in [0.5, 0.6) is 0 Å². The Hall–Kier alpha value is -1.01. The van der Waals surface area contributed by atoms with Crippen molar-refractivity contribution in [3.05, 3.63) is 57.6 Å². The molecule has 0 nitrogen and oxygen atoms in total. The Morgan fingerprint density at radius 1 is 1.26 bits per heavy atom. The second kappa shape index (κ2) is 8.20. The highest BCUT2D eigenvalue weighted by Crippen LogP contribution is 2.42. The third-order valence-electron chi connectivity index (χ3n) is 5.30. The molecule has 0 radical (unpaired) electrons. The van der Waals surface area contributed by atoms with Gasteiger partial charge < -0.3 is 0 Å². The van der Waals surface area contributed by atoms with Gasteiger partial charge in [-0.3, -0.25) is 0 Å². The first-order valence-electron chi connectivity index (χ1n) is 9.06. The molecule has 0 fully saturated rings. The zero-order valence-corrected chi connectivity index (χ0v) is 16.0. The molecule has 0 bridgehead atoms. The molecule has 1 aliphatic carbocycles. The summed E-state index contributed by atoms with van der Waals surface area (Å²) in [6.45, 7) is 13.1. The van der Waals surface area contributed by atoms with E-state index < -0.39 is 0 Å². The van der Waals surface area contributed by atoms with Crippen LogP contribution in [0.2, 0.25) is 5.02 Å². The first-order valence-corrected chi connectivity index (χ1v) is 9.44. The molecule has 23 heavy (non-hydrogen) atoms. The predicted octanol–water partition coefficient (Wildman–Crippen LogP) is 7.40. The summed E-state index contributed by atoms with van der Waals surface area (Å²) in [5.74, 6) is 0.975. The quantitative estimate of drug-likeness (QED) is 0.376. The maximum atomic E-state index is 6.72. The lowest BCUT2D eigenvalue weighted by molar-refractivity contribution is 0.482. The van der Waals surface area contributed by atoms with Crippen molar-refractivity contribution in [3.8, 4) is 0 Å². The Balaban J connectivity index is 2.33. The monoisotopic (exact) mass is 330 g/mol. The Labute approximate surface area is 147 Å². The van der Waals surface area contributed by atoms with Crippen molar-refractivity contribution in [2.24, 2.45) is 5.92 Å². The van der Waals surface area contributed by atoms with Crippen LogP contribution in [0.3, 0.4) is 0 Å². The zero-order valence-electron chi connectivity index (χ0n) is 15.2. The largest absolute Gasteiger partial charge is 0.0998 e. The van der Waals surface area contributed by atoms with Crippen molar-refractivity contribution in [1.82, 2.24) is 0 Å². The van der Waals surface area contributed by atoms with Crippen LogP contribution in [0, 0.1) is 12.8 Å². The second-order valence-electron chi connectivity index (χ2n) is 7.24. The van der Waals surface area contributed by atoms with Gasteiger partial charge in [-0.25, -0.2) is 0 Å². The predicted molar refractivity (Wildman–Crippen MR) is 103 cm³/mol. The first-order chi connectivity index (χ1) is 11.0. The lowest BCUT2D eigenvalue weighted by Gasteiger charge is -2.32. The lowest BCUT2D eigenvalue weighted by atomic mass is 9.73. The van der Waals surface area contributed by atoms with Crippen LogP contribution < -0.4 is 0 Å². The van der Waals surface area contributed by atoms with Crippen LogP contribution in [-0.2, 0) is 6.42 Å². The number of allylic oxidation sites excluding steroid dienone is 3. The molecule has 1 aliphatic rings. The van der Waals surface area contributed by atoms with Crippen LogP contribution in [0.25, 0.3) is 0 Å². The molecule has 0 heterocycles. The van der Waals surface area contributed by atoms with Gasteiger partial charge >= 0.3 is 0 Å². The van der Waals surface area contributed by atoms with Crippen LogP contribution in [-0.4, -0.2) is 0 Å². The van der Waals surface area contributed by atoms with Gasteiger partial charge in [0.1, 0.15) is 0 Å². The number of rotatable bonds is 6. The molecule has 2 atom stereocenters. The fourth-order valence-corrected chi connectivity index (χ4v) is 4.07. The SMILES string of the molecule is C=C(C)[C@@H]1CCC(C)=C[C@H]1c1ccc(CCCCC)c(Cl)c1C. The van der Waals surface area contributed by atoms with Gasteiger partial charge in [0.25, 0.3) is 0 Å². The number of hydrogen-bond acceptors (Lipinski definition) is 0. The van der Waals surface area contributed by atoms with Crippen LogP contribution in [0.1, 0.15) is 75.5 Å². The Morgan fingerprint density at radius 3 is 2.65 bits per heavy atom. The van der Waals surface area contributed by atoms with Crippen molar-refractivity contribution in [2.45, 2.75) is 72.1 Å². The van der Waals surface area contributed by atoms with Gasteiger partial charge in [0.15, 0.2) is 0 Å². The molecular formula is C22H31Cl. The summed E-state index contributed by atoms with van der Waals surface area (Å²) in [5.41, 5.74) is 6.75. The van der Waals surface area contributed by atoms with Gasteiger partial charge in [-0.15, -0.1) is 0 Å². The molecule has 0 aliphatic heterocycles. The van der Waals surface area contributed by atoms with Crippen molar-refractivity contribution < 1.29 is 0 Å². The van der Waals surface area contributed by atoms with Crippen LogP contribution in [0.15, 0.2) is 35.9 Å². The van der Waals surface area contributed by atoms with E-state index >= 15 is 0 Å². The molecule has 0 amide bonds. The average Bonchev–Trinajstić information content (AvgIpc) is 2.51. The lowest BCUT2D eigenvalue weighted by Crippen LogP contribution is -2.18. The summed E-state index contributed by atoms with van der Waals surface area (Å²) in [6, 6.07) is 4.58. The van der Waals surface area contributed by atoms with Gasteiger partial charge in [0, 0.05) is 10.9 Å². The van der Waals surface area contributed by atoms with E-state index in [4.69, 9.17) is 11.6 Å². The van der Waals surface area contributed by atoms with Crippen LogP contribution >= 0.6 is 11.6 Å². The summed E-state index contributed by atoms with van der Waals surface area (Å²) >= 11 is 6.72. The van der Waals surface area contributed by atoms with E-state index in [2.05, 4.69) is 52.5 Å². The van der Waals surface area contributed by atoms with Gasteiger partial charge in [0.05, 0.1) is 0 Å². The molecule has 0 spiro atoms. The summed E-state index contributed by atoms with van der Waals surface area (Å²) in [7, 11) is 0. The first kappa shape index (κ1) is 18.3. The number of hydrogen-bond donors (Lipinski definition) is 0. The van der Waals surface area contributed by atoms with Gasteiger partial charge in [-0.1, -0.05) is 67.3 Å². The number of halogens is 1. The third kappa shape index (κ3) is 4.29. The second-order valence-corrected chi connectivity index (χ2v) is 7.62. The van der Waals surface area contributed by atoms with E-state index in [1.807, 2.05) is 0 Å². The van der Waals surface area contributed by atoms with E-state index in [0.29, 0.717) is 11.8 Å². The van der Waals surface area contributed by atoms with E-state index in [1.54, 1.807) is 0 Å². The Bertz CT molecular complexity index is 594. The molecule has 0 saturated carbocycles. The molecule has 0 N–H and O–H groups in total. The van der Waals surface area contributed by atoms with Crippen LogP contribution in [0.4, 0.5) is 0 Å². The molecule has 1 aromatic rings. The number of unbranched alkanes of at least 4 members (excludes halogenated alkanes) is 2. The minimum Gasteiger partial charge on any atom is -0.0998 e. The Kier molecular flexibility index (Phi) is 6.53. The van der Waals surface area contributed by atoms with Crippen molar-refractivity contribution in [1.29, 1.82) is 0 Å². The maximum Gasteiger partial charge on any atom is 0.0470 e. The maximum absolute atomic E-state index is 6.72. The molecule has 126 valence electrons.